The van der Waals surface area contributed by atoms with Crippen molar-refractivity contribution in [1.82, 2.24) is 19.8 Å². The standard InChI is InChI=1S/C30H34ClN5O6/c1-19(38-3)7-5-8-20-13-22(31)27(29-28(20)41-18-42-29)34-30-21-14-24(39-4)25(15-23(21)32-17-33-30)40-12-6-9-36-11-10-35(2)26(37)16-36/h13-15,17,19H,6-7,9-12,16,18H2,1-4H3,(H,32,33,34). The highest BCUT2D eigenvalue weighted by Gasteiger charge is 2.26. The van der Waals surface area contributed by atoms with Crippen molar-refractivity contribution >= 4 is 39.9 Å². The highest BCUT2D eigenvalue weighted by Crippen LogP contribution is 2.47. The minimum Gasteiger partial charge on any atom is -0.493 e. The summed E-state index contributed by atoms with van der Waals surface area (Å²) in [6, 6.07) is 5.40. The van der Waals surface area contributed by atoms with Crippen LogP contribution in [-0.4, -0.2) is 92.6 Å². The highest BCUT2D eigenvalue weighted by atomic mass is 35.5. The van der Waals surface area contributed by atoms with Gasteiger partial charge in [0.1, 0.15) is 17.8 Å². The molecule has 222 valence electrons. The van der Waals surface area contributed by atoms with Crippen LogP contribution in [0.4, 0.5) is 11.5 Å². The first-order valence-corrected chi connectivity index (χ1v) is 14.1. The molecule has 1 aromatic heterocycles. The Labute approximate surface area is 250 Å². The minimum atomic E-state index is 0.0158. The van der Waals surface area contributed by atoms with Crippen LogP contribution in [0.3, 0.4) is 0 Å². The summed E-state index contributed by atoms with van der Waals surface area (Å²) in [5.74, 6) is 8.98. The fourth-order valence-electron chi connectivity index (χ4n) is 4.64. The Morgan fingerprint density at radius 1 is 1.14 bits per heavy atom. The van der Waals surface area contributed by atoms with E-state index in [1.807, 2.05) is 26.1 Å². The summed E-state index contributed by atoms with van der Waals surface area (Å²) in [7, 11) is 5.07. The Balaban J connectivity index is 1.33. The molecular weight excluding hydrogens is 562 g/mol. The molecule has 0 saturated carbocycles. The van der Waals surface area contributed by atoms with E-state index in [0.717, 1.165) is 26.1 Å². The number of likely N-dealkylation sites (N-methyl/N-ethyl adjacent to an activating group) is 1. The van der Waals surface area contributed by atoms with E-state index in [-0.39, 0.29) is 18.8 Å². The number of anilines is 2. The lowest BCUT2D eigenvalue weighted by Crippen LogP contribution is -2.48. The van der Waals surface area contributed by atoms with E-state index >= 15 is 0 Å². The number of methoxy groups -OCH3 is 2. The number of carbonyl (C=O) groups excluding carboxylic acids is 1. The number of rotatable bonds is 10. The van der Waals surface area contributed by atoms with Crippen LogP contribution in [0.15, 0.2) is 24.5 Å². The second-order valence-corrected chi connectivity index (χ2v) is 10.5. The van der Waals surface area contributed by atoms with Gasteiger partial charge in [-0.15, -0.1) is 0 Å². The second-order valence-electron chi connectivity index (χ2n) is 10.1. The number of ether oxygens (including phenoxy) is 5. The van der Waals surface area contributed by atoms with E-state index in [2.05, 4.69) is 32.0 Å². The Hall–Kier alpha value is -3.98. The van der Waals surface area contributed by atoms with Crippen molar-refractivity contribution in [2.45, 2.75) is 25.9 Å². The molecule has 11 nitrogen and oxygen atoms in total. The van der Waals surface area contributed by atoms with Crippen molar-refractivity contribution in [2.24, 2.45) is 0 Å². The normalized spacial score (nSPS) is 15.4. The SMILES string of the molecule is COc1cc2c(Nc3c(Cl)cc(C#CCC(C)OC)c4c3OCO4)ncnc2cc1OCCCN1CCN(C)C(=O)C1. The monoisotopic (exact) mass is 595 g/mol. The van der Waals surface area contributed by atoms with E-state index < -0.39 is 0 Å². The van der Waals surface area contributed by atoms with Crippen LogP contribution in [0.25, 0.3) is 10.9 Å². The van der Waals surface area contributed by atoms with Gasteiger partial charge in [-0.25, -0.2) is 9.97 Å². The topological polar surface area (TPSA) is 108 Å². The van der Waals surface area contributed by atoms with Crippen molar-refractivity contribution in [3.63, 3.8) is 0 Å². The Morgan fingerprint density at radius 2 is 1.98 bits per heavy atom. The molecule has 2 aliphatic heterocycles. The molecule has 2 aliphatic rings. The number of hydrogen-bond donors (Lipinski definition) is 1. The molecule has 0 bridgehead atoms. The van der Waals surface area contributed by atoms with Crippen LogP contribution in [0.2, 0.25) is 5.02 Å². The van der Waals surface area contributed by atoms with Gasteiger partial charge in [-0.1, -0.05) is 23.4 Å². The quantitative estimate of drug-likeness (QED) is 0.272. The first-order chi connectivity index (χ1) is 20.4. The smallest absolute Gasteiger partial charge is 0.236 e. The first kappa shape index (κ1) is 29.5. The van der Waals surface area contributed by atoms with Gasteiger partial charge >= 0.3 is 0 Å². The molecule has 3 aromatic rings. The number of benzene rings is 2. The van der Waals surface area contributed by atoms with Gasteiger partial charge in [0.15, 0.2) is 23.0 Å². The molecule has 1 amide bonds. The Bertz CT molecular complexity index is 1520. The van der Waals surface area contributed by atoms with Gasteiger partial charge in [0.05, 0.1) is 42.5 Å². The molecule has 12 heteroatoms. The number of piperazine rings is 1. The van der Waals surface area contributed by atoms with Crippen molar-refractivity contribution in [2.75, 3.05) is 66.2 Å². The number of nitrogens with one attached hydrogen (secondary N) is 1. The van der Waals surface area contributed by atoms with E-state index in [1.54, 1.807) is 25.2 Å². The van der Waals surface area contributed by atoms with Gasteiger partial charge in [-0.2, -0.15) is 0 Å². The maximum Gasteiger partial charge on any atom is 0.236 e. The number of aromatic nitrogens is 2. The number of fused-ring (bicyclic) bond motifs is 2. The Kier molecular flexibility index (Phi) is 9.37. The summed E-state index contributed by atoms with van der Waals surface area (Å²) in [5, 5.41) is 4.42. The number of hydrogen-bond acceptors (Lipinski definition) is 10. The van der Waals surface area contributed by atoms with E-state index in [4.69, 9.17) is 35.3 Å². The molecule has 1 fully saturated rings. The van der Waals surface area contributed by atoms with Crippen LogP contribution in [0.5, 0.6) is 23.0 Å². The van der Waals surface area contributed by atoms with Crippen LogP contribution in [0.1, 0.15) is 25.3 Å². The average molecular weight is 596 g/mol. The van der Waals surface area contributed by atoms with Gasteiger partial charge in [0, 0.05) is 51.7 Å². The molecule has 42 heavy (non-hydrogen) atoms. The first-order valence-electron chi connectivity index (χ1n) is 13.7. The van der Waals surface area contributed by atoms with Crippen LogP contribution < -0.4 is 24.3 Å². The molecule has 5 rings (SSSR count). The largest absolute Gasteiger partial charge is 0.493 e. The molecule has 1 saturated heterocycles. The predicted octanol–water partition coefficient (Wildman–Crippen LogP) is 4.08. The maximum absolute atomic E-state index is 12.0. The maximum atomic E-state index is 12.0. The van der Waals surface area contributed by atoms with Crippen LogP contribution in [-0.2, 0) is 9.53 Å². The van der Waals surface area contributed by atoms with Gasteiger partial charge < -0.3 is 33.9 Å². The third-order valence-corrected chi connectivity index (χ3v) is 7.48. The van der Waals surface area contributed by atoms with E-state index in [9.17, 15) is 4.79 Å². The molecule has 0 radical (unpaired) electrons. The second kappa shape index (κ2) is 13.3. The predicted molar refractivity (Wildman–Crippen MR) is 159 cm³/mol. The zero-order valence-corrected chi connectivity index (χ0v) is 24.9. The summed E-state index contributed by atoms with van der Waals surface area (Å²) in [4.78, 5) is 24.8. The van der Waals surface area contributed by atoms with Crippen LogP contribution in [0, 0.1) is 11.8 Å². The fourth-order valence-corrected chi connectivity index (χ4v) is 4.88. The number of halogens is 1. The lowest BCUT2D eigenvalue weighted by molar-refractivity contribution is -0.134. The molecular formula is C30H34ClN5O6. The summed E-state index contributed by atoms with van der Waals surface area (Å²) in [6.45, 7) is 5.30. The van der Waals surface area contributed by atoms with Gasteiger partial charge in [-0.3, -0.25) is 9.69 Å². The molecule has 1 N–H and O–H groups in total. The molecule has 0 aliphatic carbocycles. The van der Waals surface area contributed by atoms with E-state index in [0.29, 0.717) is 75.6 Å². The molecule has 2 aromatic carbocycles. The molecule has 1 atom stereocenters. The third kappa shape index (κ3) is 6.57. The van der Waals surface area contributed by atoms with Crippen LogP contribution >= 0.6 is 11.6 Å². The van der Waals surface area contributed by atoms with E-state index in [1.165, 1.54) is 6.33 Å². The summed E-state index contributed by atoms with van der Waals surface area (Å²) >= 11 is 6.71. The number of amides is 1. The fraction of sp³-hybridized carbons (Fsp3) is 0.433. The van der Waals surface area contributed by atoms with Crippen molar-refractivity contribution in [3.05, 3.63) is 35.1 Å². The number of nitrogens with zero attached hydrogens (tertiary/aromatic N) is 4. The minimum absolute atomic E-state index is 0.0158. The lowest BCUT2D eigenvalue weighted by Gasteiger charge is -2.31. The number of carbonyl (C=O) groups is 1. The summed E-state index contributed by atoms with van der Waals surface area (Å²) in [6.07, 6.45) is 2.82. The zero-order valence-electron chi connectivity index (χ0n) is 24.2. The third-order valence-electron chi connectivity index (χ3n) is 7.19. The molecule has 3 heterocycles. The summed E-state index contributed by atoms with van der Waals surface area (Å²) < 4.78 is 28.5. The summed E-state index contributed by atoms with van der Waals surface area (Å²) in [5.41, 5.74) is 1.81. The average Bonchev–Trinajstić information content (AvgIpc) is 3.48. The van der Waals surface area contributed by atoms with Gasteiger partial charge in [0.25, 0.3) is 0 Å². The Morgan fingerprint density at radius 3 is 2.76 bits per heavy atom. The molecule has 0 spiro atoms. The van der Waals surface area contributed by atoms with Gasteiger partial charge in [0.2, 0.25) is 12.7 Å². The lowest BCUT2D eigenvalue weighted by atomic mass is 10.1. The van der Waals surface area contributed by atoms with Gasteiger partial charge in [-0.05, 0) is 25.5 Å². The van der Waals surface area contributed by atoms with Crippen molar-refractivity contribution < 1.29 is 28.5 Å². The van der Waals surface area contributed by atoms with Crippen molar-refractivity contribution in [3.8, 4) is 34.8 Å². The zero-order chi connectivity index (χ0) is 29.6. The highest BCUT2D eigenvalue weighted by molar-refractivity contribution is 6.34. The van der Waals surface area contributed by atoms with Crippen molar-refractivity contribution in [1.29, 1.82) is 0 Å². The molecule has 1 unspecified atom stereocenters.